The van der Waals surface area contributed by atoms with Gasteiger partial charge in [-0.15, -0.1) is 22.7 Å². The van der Waals surface area contributed by atoms with E-state index in [1.54, 1.807) is 22.7 Å². The summed E-state index contributed by atoms with van der Waals surface area (Å²) in [5.41, 5.74) is 0.889. The molecule has 112 valence electrons. The first kappa shape index (κ1) is 14.7. The Labute approximate surface area is 132 Å². The highest BCUT2D eigenvalue weighted by Crippen LogP contribution is 2.28. The number of thiophene rings is 1. The van der Waals surface area contributed by atoms with Crippen LogP contribution in [0, 0.1) is 0 Å². The van der Waals surface area contributed by atoms with Gasteiger partial charge < -0.3 is 10.2 Å². The second-order valence-corrected chi connectivity index (χ2v) is 7.07. The highest BCUT2D eigenvalue weighted by atomic mass is 32.1. The number of carbonyl (C=O) groups excluding carboxylic acids is 1. The van der Waals surface area contributed by atoms with Crippen molar-refractivity contribution in [2.24, 2.45) is 0 Å². The van der Waals surface area contributed by atoms with E-state index >= 15 is 0 Å². The van der Waals surface area contributed by atoms with Crippen molar-refractivity contribution in [3.63, 3.8) is 0 Å². The van der Waals surface area contributed by atoms with E-state index in [0.29, 0.717) is 12.5 Å². The second kappa shape index (κ2) is 6.68. The molecule has 3 rings (SSSR count). The number of likely N-dealkylation sites (tertiary alicyclic amines) is 1. The number of nitrogens with zero attached hydrogens (tertiary/aromatic N) is 2. The first-order chi connectivity index (χ1) is 10.3. The lowest BCUT2D eigenvalue weighted by Crippen LogP contribution is -2.47. The molecule has 4 nitrogen and oxygen atoms in total. The van der Waals surface area contributed by atoms with Crippen LogP contribution in [0.15, 0.2) is 22.9 Å². The number of rotatable bonds is 4. The average Bonchev–Trinajstić information content (AvgIpc) is 3.18. The van der Waals surface area contributed by atoms with E-state index in [2.05, 4.69) is 16.4 Å². The summed E-state index contributed by atoms with van der Waals surface area (Å²) in [6.45, 7) is 1.69. The smallest absolute Gasteiger partial charge is 0.228 e. The first-order valence-corrected chi connectivity index (χ1v) is 8.95. The van der Waals surface area contributed by atoms with Crippen LogP contribution in [0.5, 0.6) is 0 Å². The van der Waals surface area contributed by atoms with Gasteiger partial charge in [-0.2, -0.15) is 0 Å². The van der Waals surface area contributed by atoms with Crippen LogP contribution >= 0.6 is 22.7 Å². The number of amides is 1. The molecule has 1 aliphatic heterocycles. The predicted octanol–water partition coefficient (Wildman–Crippen LogP) is 2.62. The fourth-order valence-corrected chi connectivity index (χ4v) is 4.24. The van der Waals surface area contributed by atoms with Crippen molar-refractivity contribution in [3.8, 4) is 9.88 Å². The normalized spacial score (nSPS) is 18.9. The minimum absolute atomic E-state index is 0.193. The molecular weight excluding hydrogens is 302 g/mol. The molecule has 21 heavy (non-hydrogen) atoms. The minimum Gasteiger partial charge on any atom is -0.341 e. The van der Waals surface area contributed by atoms with Crippen molar-refractivity contribution < 1.29 is 4.79 Å². The lowest BCUT2D eigenvalue weighted by atomic mass is 10.1. The largest absolute Gasteiger partial charge is 0.341 e. The van der Waals surface area contributed by atoms with Crippen LogP contribution < -0.4 is 5.32 Å². The maximum atomic E-state index is 12.4. The number of piperidine rings is 1. The molecule has 2 aromatic rings. The summed E-state index contributed by atoms with van der Waals surface area (Å²) in [6, 6.07) is 4.52. The van der Waals surface area contributed by atoms with Gasteiger partial charge in [-0.1, -0.05) is 6.07 Å². The third-order valence-corrected chi connectivity index (χ3v) is 5.73. The van der Waals surface area contributed by atoms with Crippen LogP contribution in [0.3, 0.4) is 0 Å². The van der Waals surface area contributed by atoms with E-state index in [9.17, 15) is 4.79 Å². The number of nitrogens with one attached hydrogen (secondary N) is 1. The van der Waals surface area contributed by atoms with Crippen molar-refractivity contribution >= 4 is 28.6 Å². The Hall–Kier alpha value is -1.24. The second-order valence-electron chi connectivity index (χ2n) is 5.27. The number of hydrogen-bond acceptors (Lipinski definition) is 5. The van der Waals surface area contributed by atoms with Crippen molar-refractivity contribution in [2.45, 2.75) is 25.3 Å². The van der Waals surface area contributed by atoms with Gasteiger partial charge in [0.25, 0.3) is 0 Å². The van der Waals surface area contributed by atoms with Gasteiger partial charge in [0.05, 0.1) is 17.0 Å². The van der Waals surface area contributed by atoms with Gasteiger partial charge in [-0.05, 0) is 31.3 Å². The molecular formula is C15H19N3OS2. The molecule has 0 saturated carbocycles. The van der Waals surface area contributed by atoms with E-state index in [1.807, 2.05) is 28.8 Å². The zero-order chi connectivity index (χ0) is 14.7. The third-order valence-electron chi connectivity index (χ3n) is 3.80. The van der Waals surface area contributed by atoms with Crippen LogP contribution in [0.4, 0.5) is 0 Å². The van der Waals surface area contributed by atoms with Crippen molar-refractivity contribution in [1.29, 1.82) is 0 Å². The summed E-state index contributed by atoms with van der Waals surface area (Å²) >= 11 is 3.30. The van der Waals surface area contributed by atoms with Crippen LogP contribution in [-0.2, 0) is 11.2 Å². The molecule has 0 aliphatic carbocycles. The predicted molar refractivity (Wildman–Crippen MR) is 87.8 cm³/mol. The highest BCUT2D eigenvalue weighted by molar-refractivity contribution is 7.20. The molecule has 1 fully saturated rings. The van der Waals surface area contributed by atoms with Crippen molar-refractivity contribution in [2.75, 3.05) is 20.1 Å². The van der Waals surface area contributed by atoms with Crippen LogP contribution in [0.2, 0.25) is 0 Å². The summed E-state index contributed by atoms with van der Waals surface area (Å²) in [5, 5.41) is 8.34. The highest BCUT2D eigenvalue weighted by Gasteiger charge is 2.23. The van der Waals surface area contributed by atoms with Gasteiger partial charge >= 0.3 is 0 Å². The summed E-state index contributed by atoms with van der Waals surface area (Å²) in [6.07, 6.45) is 2.65. The Morgan fingerprint density at radius 1 is 1.52 bits per heavy atom. The molecule has 0 radical (unpaired) electrons. The minimum atomic E-state index is 0.193. The molecule has 1 N–H and O–H groups in total. The maximum Gasteiger partial charge on any atom is 0.228 e. The summed E-state index contributed by atoms with van der Waals surface area (Å²) < 4.78 is 0. The number of likely N-dealkylation sites (N-methyl/N-ethyl adjacent to an activating group) is 1. The summed E-state index contributed by atoms with van der Waals surface area (Å²) in [7, 11) is 1.96. The molecule has 6 heteroatoms. The topological polar surface area (TPSA) is 45.2 Å². The van der Waals surface area contributed by atoms with Crippen LogP contribution in [0.25, 0.3) is 9.88 Å². The average molecular weight is 321 g/mol. The molecule has 1 amide bonds. The molecule has 1 aliphatic rings. The van der Waals surface area contributed by atoms with E-state index in [-0.39, 0.29) is 5.91 Å². The Kier molecular flexibility index (Phi) is 4.67. The van der Waals surface area contributed by atoms with Gasteiger partial charge in [-0.25, -0.2) is 4.98 Å². The van der Waals surface area contributed by atoms with E-state index in [4.69, 9.17) is 0 Å². The lowest BCUT2D eigenvalue weighted by molar-refractivity contribution is -0.131. The van der Waals surface area contributed by atoms with Gasteiger partial charge in [0.1, 0.15) is 5.01 Å². The van der Waals surface area contributed by atoms with Gasteiger partial charge in [0, 0.05) is 24.5 Å². The number of aromatic nitrogens is 1. The van der Waals surface area contributed by atoms with Crippen LogP contribution in [0.1, 0.15) is 18.5 Å². The standard InChI is InChI=1S/C15H19N3OS2/c1-16-11-4-2-6-18(9-11)14(19)8-12-10-21-15(17-12)13-5-3-7-20-13/h3,5,7,10-11,16H,2,4,6,8-9H2,1H3. The monoisotopic (exact) mass is 321 g/mol. The number of carbonyl (C=O) groups is 1. The fraction of sp³-hybridized carbons (Fsp3) is 0.467. The molecule has 3 heterocycles. The molecule has 2 aromatic heterocycles. The Morgan fingerprint density at radius 3 is 3.19 bits per heavy atom. The first-order valence-electron chi connectivity index (χ1n) is 7.19. The lowest BCUT2D eigenvalue weighted by Gasteiger charge is -2.32. The molecule has 1 saturated heterocycles. The number of hydrogen-bond donors (Lipinski definition) is 1. The Bertz CT molecular complexity index is 594. The van der Waals surface area contributed by atoms with Gasteiger partial charge in [0.2, 0.25) is 5.91 Å². The van der Waals surface area contributed by atoms with Gasteiger partial charge in [0.15, 0.2) is 0 Å². The van der Waals surface area contributed by atoms with Crippen molar-refractivity contribution in [1.82, 2.24) is 15.2 Å². The van der Waals surface area contributed by atoms with Crippen molar-refractivity contribution in [3.05, 3.63) is 28.6 Å². The molecule has 0 bridgehead atoms. The molecule has 1 atom stereocenters. The summed E-state index contributed by atoms with van der Waals surface area (Å²) in [4.78, 5) is 20.1. The molecule has 0 spiro atoms. The quantitative estimate of drug-likeness (QED) is 0.941. The molecule has 0 aromatic carbocycles. The van der Waals surface area contributed by atoms with E-state index in [0.717, 1.165) is 36.6 Å². The van der Waals surface area contributed by atoms with E-state index in [1.165, 1.54) is 4.88 Å². The Morgan fingerprint density at radius 2 is 2.43 bits per heavy atom. The number of thiazole rings is 1. The fourth-order valence-electron chi connectivity index (χ4n) is 2.61. The van der Waals surface area contributed by atoms with Gasteiger partial charge in [-0.3, -0.25) is 4.79 Å². The Balaban J connectivity index is 1.62. The van der Waals surface area contributed by atoms with Crippen LogP contribution in [-0.4, -0.2) is 42.0 Å². The van der Waals surface area contributed by atoms with E-state index < -0.39 is 0 Å². The molecule has 1 unspecified atom stereocenters. The third kappa shape index (κ3) is 3.51. The zero-order valence-electron chi connectivity index (χ0n) is 12.0. The zero-order valence-corrected chi connectivity index (χ0v) is 13.7. The SMILES string of the molecule is CNC1CCCN(C(=O)Cc2csc(-c3cccs3)n2)C1. The summed E-state index contributed by atoms with van der Waals surface area (Å²) in [5.74, 6) is 0.193. The maximum absolute atomic E-state index is 12.4.